The van der Waals surface area contributed by atoms with Crippen LogP contribution in [0.1, 0.15) is 69.9 Å². The molecular formula is C35H48N6O8S. The van der Waals surface area contributed by atoms with E-state index in [0.717, 1.165) is 22.3 Å². The Balaban J connectivity index is 1.71. The summed E-state index contributed by atoms with van der Waals surface area (Å²) in [4.78, 5) is 68.4. The quantitative estimate of drug-likeness (QED) is 0.0570. The van der Waals surface area contributed by atoms with Gasteiger partial charge in [0.15, 0.2) is 5.96 Å². The molecule has 0 saturated carbocycles. The molecule has 1 aliphatic carbocycles. The van der Waals surface area contributed by atoms with Crippen LogP contribution in [0.4, 0.5) is 4.79 Å². The van der Waals surface area contributed by atoms with Crippen LogP contribution < -0.4 is 27.4 Å². The van der Waals surface area contributed by atoms with Gasteiger partial charge in [-0.05, 0) is 80.7 Å². The predicted molar refractivity (Wildman–Crippen MR) is 191 cm³/mol. The average Bonchev–Trinajstić information content (AvgIpc) is 3.37. The van der Waals surface area contributed by atoms with E-state index in [1.807, 2.05) is 54.8 Å². The van der Waals surface area contributed by atoms with E-state index in [4.69, 9.17) is 20.9 Å². The van der Waals surface area contributed by atoms with Crippen LogP contribution >= 0.6 is 11.8 Å². The number of alkyl carbamates (subject to hydrolysis) is 1. The number of thioether (sulfide) groups is 1. The van der Waals surface area contributed by atoms with Crippen LogP contribution in [-0.4, -0.2) is 89.8 Å². The molecule has 272 valence electrons. The van der Waals surface area contributed by atoms with Crippen LogP contribution in [0, 0.1) is 0 Å². The van der Waals surface area contributed by atoms with Gasteiger partial charge in [-0.3, -0.25) is 19.4 Å². The molecule has 3 rings (SSSR count). The van der Waals surface area contributed by atoms with Gasteiger partial charge in [0.25, 0.3) is 0 Å². The van der Waals surface area contributed by atoms with Crippen LogP contribution in [0.15, 0.2) is 53.5 Å². The van der Waals surface area contributed by atoms with Gasteiger partial charge in [-0.1, -0.05) is 48.5 Å². The maximum atomic E-state index is 13.6. The molecular weight excluding hydrogens is 664 g/mol. The third kappa shape index (κ3) is 12.3. The number of guanidine groups is 1. The smallest absolute Gasteiger partial charge is 0.407 e. The number of benzene rings is 2. The number of esters is 1. The first-order valence-electron chi connectivity index (χ1n) is 16.4. The van der Waals surface area contributed by atoms with Gasteiger partial charge in [-0.25, -0.2) is 9.59 Å². The number of carboxylic acid groups (broad SMARTS) is 1. The molecule has 2 aromatic carbocycles. The number of aliphatic carboxylic acids is 1. The number of amides is 3. The second kappa shape index (κ2) is 18.8. The molecule has 3 amide bonds. The maximum Gasteiger partial charge on any atom is 0.407 e. The molecule has 0 spiro atoms. The van der Waals surface area contributed by atoms with E-state index in [2.05, 4.69) is 20.9 Å². The van der Waals surface area contributed by atoms with E-state index in [-0.39, 0.29) is 57.1 Å². The van der Waals surface area contributed by atoms with Crippen LogP contribution in [0.5, 0.6) is 0 Å². The number of nitrogens with one attached hydrogen (secondary N) is 3. The van der Waals surface area contributed by atoms with Gasteiger partial charge >= 0.3 is 18.0 Å². The molecule has 0 bridgehead atoms. The SMILES string of the molecule is CSCC[C@@H](NC(=O)OCC1c2ccccc2-c2ccccc21)C(=O)N[C@@H](CCC(=O)OC(C)(C)C)C(=O)N[C@@H](CCCN=C(N)N)C(=O)O. The van der Waals surface area contributed by atoms with Gasteiger partial charge in [0, 0.05) is 18.9 Å². The lowest BCUT2D eigenvalue weighted by atomic mass is 9.98. The number of aliphatic imine (C=N–C) groups is 1. The molecule has 0 aromatic heterocycles. The van der Waals surface area contributed by atoms with E-state index in [1.165, 1.54) is 11.8 Å². The summed E-state index contributed by atoms with van der Waals surface area (Å²) in [7, 11) is 0. The summed E-state index contributed by atoms with van der Waals surface area (Å²) in [6.07, 6.45) is 1.07. The van der Waals surface area contributed by atoms with Crippen molar-refractivity contribution in [1.29, 1.82) is 0 Å². The van der Waals surface area contributed by atoms with Crippen molar-refractivity contribution in [2.45, 2.75) is 82.5 Å². The zero-order chi connectivity index (χ0) is 36.8. The molecule has 0 aliphatic heterocycles. The Labute approximate surface area is 296 Å². The molecule has 0 radical (unpaired) electrons. The standard InChI is InChI=1S/C35H48N6O8S/c1-35(2,3)49-29(42)16-15-26(30(43)40-28(32(45)46)14-9-18-38-33(36)37)39-31(44)27(17-19-50-4)41-34(47)48-20-25-23-12-7-5-10-21(23)22-11-6-8-13-24(22)25/h5-8,10-13,25-28H,9,14-20H2,1-4H3,(H,39,44)(H,40,43)(H,41,47)(H,45,46)(H4,36,37,38)/t26-,27+,28-/m0/s1. The normalized spacial score (nSPS) is 13.8. The highest BCUT2D eigenvalue weighted by molar-refractivity contribution is 7.98. The molecule has 0 heterocycles. The minimum absolute atomic E-state index is 0.00424. The van der Waals surface area contributed by atoms with E-state index in [9.17, 15) is 29.1 Å². The number of nitrogens with zero attached hydrogens (tertiary/aromatic N) is 1. The Morgan fingerprint density at radius 1 is 0.860 bits per heavy atom. The van der Waals surface area contributed by atoms with E-state index >= 15 is 0 Å². The van der Waals surface area contributed by atoms with Crippen molar-refractivity contribution in [2.24, 2.45) is 16.5 Å². The molecule has 14 nitrogen and oxygen atoms in total. The Morgan fingerprint density at radius 3 is 1.96 bits per heavy atom. The lowest BCUT2D eigenvalue weighted by Crippen LogP contribution is -2.56. The van der Waals surface area contributed by atoms with Crippen molar-refractivity contribution in [1.82, 2.24) is 16.0 Å². The fraction of sp³-hybridized carbons (Fsp3) is 0.486. The first-order valence-corrected chi connectivity index (χ1v) is 17.8. The fourth-order valence-corrected chi connectivity index (χ4v) is 5.99. The molecule has 50 heavy (non-hydrogen) atoms. The van der Waals surface area contributed by atoms with Crippen LogP contribution in [0.2, 0.25) is 0 Å². The Kier molecular flexibility index (Phi) is 14.9. The molecule has 8 N–H and O–H groups in total. The number of ether oxygens (including phenoxy) is 2. The number of carbonyl (C=O) groups excluding carboxylic acids is 4. The second-order valence-corrected chi connectivity index (χ2v) is 13.8. The fourth-order valence-electron chi connectivity index (χ4n) is 5.52. The average molecular weight is 713 g/mol. The number of fused-ring (bicyclic) bond motifs is 3. The third-order valence-corrected chi connectivity index (χ3v) is 8.46. The molecule has 0 unspecified atom stereocenters. The molecule has 3 atom stereocenters. The molecule has 0 saturated heterocycles. The highest BCUT2D eigenvalue weighted by Gasteiger charge is 2.32. The number of nitrogens with two attached hydrogens (primary N) is 2. The lowest BCUT2D eigenvalue weighted by molar-refractivity contribution is -0.155. The van der Waals surface area contributed by atoms with Crippen LogP contribution in [0.3, 0.4) is 0 Å². The van der Waals surface area contributed by atoms with Crippen molar-refractivity contribution in [2.75, 3.05) is 25.2 Å². The maximum absolute atomic E-state index is 13.6. The molecule has 0 fully saturated rings. The van der Waals surface area contributed by atoms with Crippen molar-refractivity contribution in [3.63, 3.8) is 0 Å². The van der Waals surface area contributed by atoms with Crippen LogP contribution in [-0.2, 0) is 28.7 Å². The summed E-state index contributed by atoms with van der Waals surface area (Å²) in [5.74, 6) is -3.25. The largest absolute Gasteiger partial charge is 0.480 e. The Hall–Kier alpha value is -4.79. The Bertz CT molecular complexity index is 1500. The summed E-state index contributed by atoms with van der Waals surface area (Å²) >= 11 is 1.46. The van der Waals surface area contributed by atoms with Crippen LogP contribution in [0.25, 0.3) is 11.1 Å². The minimum atomic E-state index is -1.32. The van der Waals surface area contributed by atoms with Gasteiger partial charge in [-0.2, -0.15) is 11.8 Å². The summed E-state index contributed by atoms with van der Waals surface area (Å²) < 4.78 is 11.0. The number of hydrogen-bond acceptors (Lipinski definition) is 9. The van der Waals surface area contributed by atoms with Gasteiger partial charge in [0.2, 0.25) is 11.8 Å². The second-order valence-electron chi connectivity index (χ2n) is 12.8. The summed E-state index contributed by atoms with van der Waals surface area (Å²) in [6.45, 7) is 5.28. The summed E-state index contributed by atoms with van der Waals surface area (Å²) in [5.41, 5.74) is 14.1. The topological polar surface area (TPSA) is 225 Å². The monoisotopic (exact) mass is 712 g/mol. The number of carboxylic acids is 1. The number of carbonyl (C=O) groups is 5. The van der Waals surface area contributed by atoms with E-state index in [0.29, 0.717) is 5.75 Å². The highest BCUT2D eigenvalue weighted by atomic mass is 32.2. The summed E-state index contributed by atoms with van der Waals surface area (Å²) in [5, 5.41) is 17.4. The molecule has 1 aliphatic rings. The minimum Gasteiger partial charge on any atom is -0.480 e. The van der Waals surface area contributed by atoms with Gasteiger partial charge in [0.05, 0.1) is 0 Å². The highest BCUT2D eigenvalue weighted by Crippen LogP contribution is 2.44. The van der Waals surface area contributed by atoms with Crippen molar-refractivity contribution in [3.05, 3.63) is 59.7 Å². The van der Waals surface area contributed by atoms with Crippen molar-refractivity contribution in [3.8, 4) is 11.1 Å². The zero-order valence-electron chi connectivity index (χ0n) is 28.9. The van der Waals surface area contributed by atoms with E-state index in [1.54, 1.807) is 20.8 Å². The van der Waals surface area contributed by atoms with Gasteiger partial charge in [0.1, 0.15) is 30.3 Å². The van der Waals surface area contributed by atoms with Gasteiger partial charge in [-0.15, -0.1) is 0 Å². The predicted octanol–water partition coefficient (Wildman–Crippen LogP) is 2.88. The van der Waals surface area contributed by atoms with Gasteiger partial charge < -0.3 is 42.0 Å². The first-order chi connectivity index (χ1) is 23.7. The Morgan fingerprint density at radius 2 is 1.42 bits per heavy atom. The van der Waals surface area contributed by atoms with Crippen molar-refractivity contribution < 1.29 is 38.6 Å². The first kappa shape index (κ1) is 39.6. The molecule has 2 aromatic rings. The zero-order valence-corrected chi connectivity index (χ0v) is 29.7. The lowest BCUT2D eigenvalue weighted by Gasteiger charge is -2.25. The summed E-state index contributed by atoms with van der Waals surface area (Å²) in [6, 6.07) is 12.1. The number of hydrogen-bond donors (Lipinski definition) is 6. The third-order valence-electron chi connectivity index (χ3n) is 7.81. The molecule has 15 heteroatoms. The van der Waals surface area contributed by atoms with Crippen molar-refractivity contribution >= 4 is 47.6 Å². The number of rotatable bonds is 18. The van der Waals surface area contributed by atoms with E-state index < -0.39 is 53.6 Å².